The lowest BCUT2D eigenvalue weighted by Crippen LogP contribution is -2.45. The summed E-state index contributed by atoms with van der Waals surface area (Å²) in [7, 11) is 0. The van der Waals surface area contributed by atoms with E-state index < -0.39 is 0 Å². The van der Waals surface area contributed by atoms with Crippen LogP contribution >= 0.6 is 34.8 Å². The fraction of sp³-hybridized carbons (Fsp3) is 0.273. The van der Waals surface area contributed by atoms with Gasteiger partial charge < -0.3 is 4.98 Å². The Labute approximate surface area is 190 Å². The minimum absolute atomic E-state index is 0.255. The van der Waals surface area contributed by atoms with Crippen molar-refractivity contribution in [3.8, 4) is 11.3 Å². The van der Waals surface area contributed by atoms with Crippen LogP contribution in [-0.2, 0) is 6.42 Å². The van der Waals surface area contributed by atoms with Crippen molar-refractivity contribution in [2.45, 2.75) is 25.7 Å². The monoisotopic (exact) mass is 462 g/mol. The first-order valence-electron chi connectivity index (χ1n) is 9.84. The Morgan fingerprint density at radius 2 is 1.70 bits per heavy atom. The Morgan fingerprint density at radius 1 is 1.00 bits per heavy atom. The van der Waals surface area contributed by atoms with Gasteiger partial charge in [0, 0.05) is 40.8 Å². The quantitative estimate of drug-likeness (QED) is 0.506. The molecule has 1 fully saturated rings. The highest BCUT2D eigenvalue weighted by atomic mass is 35.5. The van der Waals surface area contributed by atoms with Gasteiger partial charge in [-0.05, 0) is 48.7 Å². The van der Waals surface area contributed by atoms with E-state index in [0.717, 1.165) is 42.8 Å². The van der Waals surface area contributed by atoms with Crippen LogP contribution in [0.1, 0.15) is 41.1 Å². The molecule has 2 heterocycles. The number of imidazole rings is 1. The number of rotatable bonds is 5. The number of amides is 1. The van der Waals surface area contributed by atoms with E-state index in [0.29, 0.717) is 27.2 Å². The molecule has 0 aliphatic carbocycles. The van der Waals surface area contributed by atoms with Crippen molar-refractivity contribution in [1.82, 2.24) is 20.4 Å². The van der Waals surface area contributed by atoms with Gasteiger partial charge in [-0.15, -0.1) is 0 Å². The normalized spacial score (nSPS) is 14.6. The first kappa shape index (κ1) is 21.2. The number of nitrogens with one attached hydrogen (secondary N) is 2. The van der Waals surface area contributed by atoms with E-state index >= 15 is 0 Å². The number of benzene rings is 2. The van der Waals surface area contributed by atoms with Crippen LogP contribution in [-0.4, -0.2) is 34.0 Å². The number of aromatic amines is 1. The Balaban J connectivity index is 1.67. The van der Waals surface area contributed by atoms with Crippen molar-refractivity contribution in [1.29, 1.82) is 0 Å². The molecule has 0 radical (unpaired) electrons. The Hall–Kier alpha value is -2.05. The highest BCUT2D eigenvalue weighted by Gasteiger charge is 2.21. The molecule has 30 heavy (non-hydrogen) atoms. The number of carbonyl (C=O) groups is 1. The van der Waals surface area contributed by atoms with Gasteiger partial charge in [0.15, 0.2) is 5.82 Å². The number of hydrogen-bond donors (Lipinski definition) is 2. The maximum atomic E-state index is 12.8. The molecule has 1 aliphatic rings. The molecule has 1 aliphatic heterocycles. The predicted molar refractivity (Wildman–Crippen MR) is 121 cm³/mol. The maximum absolute atomic E-state index is 12.8. The molecule has 1 saturated heterocycles. The van der Waals surface area contributed by atoms with Crippen LogP contribution in [0.4, 0.5) is 0 Å². The zero-order chi connectivity index (χ0) is 21.1. The number of H-pyrrole nitrogens is 1. The van der Waals surface area contributed by atoms with E-state index in [9.17, 15) is 4.79 Å². The molecular weight excluding hydrogens is 443 g/mol. The summed E-state index contributed by atoms with van der Waals surface area (Å²) in [5, 5.41) is 3.64. The lowest BCUT2D eigenvalue weighted by atomic mass is 10.0. The molecule has 0 bridgehead atoms. The summed E-state index contributed by atoms with van der Waals surface area (Å²) in [4.78, 5) is 20.6. The first-order chi connectivity index (χ1) is 14.5. The third-order valence-corrected chi connectivity index (χ3v) is 5.89. The summed E-state index contributed by atoms with van der Waals surface area (Å²) in [5.74, 6) is -0.00357. The number of halogens is 3. The third-order valence-electron chi connectivity index (χ3n) is 5.09. The van der Waals surface area contributed by atoms with Crippen LogP contribution in [0, 0.1) is 0 Å². The second-order valence-electron chi connectivity index (χ2n) is 7.33. The van der Waals surface area contributed by atoms with Gasteiger partial charge in [0.05, 0.1) is 10.7 Å². The zero-order valence-corrected chi connectivity index (χ0v) is 18.5. The van der Waals surface area contributed by atoms with E-state index in [4.69, 9.17) is 34.8 Å². The Morgan fingerprint density at radius 3 is 2.40 bits per heavy atom. The number of aromatic nitrogens is 2. The molecule has 0 saturated carbocycles. The van der Waals surface area contributed by atoms with Crippen LogP contribution in [0.15, 0.2) is 42.5 Å². The Bertz CT molecular complexity index is 1040. The molecule has 2 aromatic carbocycles. The van der Waals surface area contributed by atoms with Crippen LogP contribution < -0.4 is 5.43 Å². The molecular formula is C22H21Cl3N4O. The molecule has 8 heteroatoms. The van der Waals surface area contributed by atoms with E-state index in [2.05, 4.69) is 15.4 Å². The van der Waals surface area contributed by atoms with Crippen molar-refractivity contribution >= 4 is 40.7 Å². The lowest BCUT2D eigenvalue weighted by Gasteiger charge is -2.26. The molecule has 156 valence electrons. The number of piperidine rings is 1. The lowest BCUT2D eigenvalue weighted by molar-refractivity contribution is 0.0740. The predicted octanol–water partition coefficient (Wildman–Crippen LogP) is 5.76. The molecule has 0 spiro atoms. The second-order valence-corrected chi connectivity index (χ2v) is 8.61. The SMILES string of the molecule is O=C(NN1CCCCC1)c1nc(-c2ccc(Cl)cc2Cl)c(Cc2ccc(Cl)cc2)[nH]1. The number of nitrogens with zero attached hydrogens (tertiary/aromatic N) is 2. The molecule has 4 rings (SSSR count). The topological polar surface area (TPSA) is 61.0 Å². The van der Waals surface area contributed by atoms with E-state index in [-0.39, 0.29) is 11.7 Å². The fourth-order valence-electron chi connectivity index (χ4n) is 3.56. The van der Waals surface area contributed by atoms with Gasteiger partial charge in [0.2, 0.25) is 0 Å². The highest BCUT2D eigenvalue weighted by molar-refractivity contribution is 6.36. The first-order valence-corrected chi connectivity index (χ1v) is 11.0. The number of hydrogen-bond acceptors (Lipinski definition) is 3. The van der Waals surface area contributed by atoms with Gasteiger partial charge in [-0.1, -0.05) is 53.4 Å². The van der Waals surface area contributed by atoms with E-state index in [1.165, 1.54) is 6.42 Å². The summed E-state index contributed by atoms with van der Waals surface area (Å²) in [6.45, 7) is 1.69. The summed E-state index contributed by atoms with van der Waals surface area (Å²) in [5.41, 5.74) is 6.14. The fourth-order valence-corrected chi connectivity index (χ4v) is 4.18. The van der Waals surface area contributed by atoms with Crippen LogP contribution in [0.5, 0.6) is 0 Å². The minimum Gasteiger partial charge on any atom is -0.337 e. The number of carbonyl (C=O) groups excluding carboxylic acids is 1. The summed E-state index contributed by atoms with van der Waals surface area (Å²) < 4.78 is 0. The number of hydrazine groups is 1. The largest absolute Gasteiger partial charge is 0.337 e. The minimum atomic E-state index is -0.259. The summed E-state index contributed by atoms with van der Waals surface area (Å²) >= 11 is 18.5. The van der Waals surface area contributed by atoms with Crippen LogP contribution in [0.3, 0.4) is 0 Å². The zero-order valence-electron chi connectivity index (χ0n) is 16.2. The van der Waals surface area contributed by atoms with Gasteiger partial charge in [0.1, 0.15) is 0 Å². The van der Waals surface area contributed by atoms with Crippen molar-refractivity contribution in [2.75, 3.05) is 13.1 Å². The van der Waals surface area contributed by atoms with Crippen LogP contribution in [0.2, 0.25) is 15.1 Å². The molecule has 0 unspecified atom stereocenters. The Kier molecular flexibility index (Phi) is 6.64. The van der Waals surface area contributed by atoms with Gasteiger partial charge >= 0.3 is 5.91 Å². The smallest absolute Gasteiger partial charge is 0.301 e. The maximum Gasteiger partial charge on any atom is 0.301 e. The average Bonchev–Trinajstić information content (AvgIpc) is 3.14. The molecule has 1 amide bonds. The van der Waals surface area contributed by atoms with Crippen molar-refractivity contribution in [2.24, 2.45) is 0 Å². The molecule has 3 aromatic rings. The molecule has 2 N–H and O–H groups in total. The summed E-state index contributed by atoms with van der Waals surface area (Å²) in [6, 6.07) is 12.8. The third kappa shape index (κ3) is 4.98. The van der Waals surface area contributed by atoms with Crippen molar-refractivity contribution in [3.63, 3.8) is 0 Å². The van der Waals surface area contributed by atoms with Gasteiger partial charge in [-0.3, -0.25) is 10.2 Å². The van der Waals surface area contributed by atoms with Crippen LogP contribution in [0.25, 0.3) is 11.3 Å². The van der Waals surface area contributed by atoms with Gasteiger partial charge in [-0.2, -0.15) is 0 Å². The van der Waals surface area contributed by atoms with E-state index in [1.807, 2.05) is 35.3 Å². The molecule has 5 nitrogen and oxygen atoms in total. The highest BCUT2D eigenvalue weighted by Crippen LogP contribution is 2.32. The van der Waals surface area contributed by atoms with Gasteiger partial charge in [-0.25, -0.2) is 9.99 Å². The summed E-state index contributed by atoms with van der Waals surface area (Å²) in [6.07, 6.45) is 3.89. The van der Waals surface area contributed by atoms with E-state index in [1.54, 1.807) is 12.1 Å². The average molecular weight is 464 g/mol. The van der Waals surface area contributed by atoms with Gasteiger partial charge in [0.25, 0.3) is 0 Å². The second kappa shape index (κ2) is 9.40. The van der Waals surface area contributed by atoms with Crippen molar-refractivity contribution < 1.29 is 4.79 Å². The molecule has 1 aromatic heterocycles. The molecule has 0 atom stereocenters. The standard InChI is InChI=1S/C22H21Cl3N4O/c23-15-6-4-14(5-7-15)12-19-20(17-9-8-16(24)13-18(17)25)27-21(26-19)22(30)28-29-10-2-1-3-11-29/h4-9,13H,1-3,10-12H2,(H,26,27)(H,28,30). The van der Waals surface area contributed by atoms with Crippen molar-refractivity contribution in [3.05, 3.63) is 74.6 Å².